The Hall–Kier alpha value is -2.22. The Morgan fingerprint density at radius 3 is 2.53 bits per heavy atom. The molecule has 2 heterocycles. The van der Waals surface area contributed by atoms with E-state index in [9.17, 15) is 4.79 Å². The third-order valence-electron chi connectivity index (χ3n) is 4.66. The molecule has 1 aliphatic heterocycles. The first kappa shape index (κ1) is 21.0. The molecule has 0 aliphatic carbocycles. The normalized spacial score (nSPS) is 13.9. The van der Waals surface area contributed by atoms with E-state index in [2.05, 4.69) is 31.4 Å². The predicted octanol–water partition coefficient (Wildman–Crippen LogP) is 6.21. The van der Waals surface area contributed by atoms with E-state index >= 15 is 0 Å². The Labute approximate surface area is 192 Å². The molecule has 1 aliphatic rings. The number of nitrogens with zero attached hydrogens (tertiary/aromatic N) is 2. The average molecular weight is 505 g/mol. The molecule has 1 amide bonds. The molecule has 5 nitrogen and oxygen atoms in total. The molecule has 1 saturated heterocycles. The lowest BCUT2D eigenvalue weighted by Crippen LogP contribution is -2.19. The maximum atomic E-state index is 12.3. The minimum atomic E-state index is -0.263. The predicted molar refractivity (Wildman–Crippen MR) is 125 cm³/mol. The zero-order valence-corrected chi connectivity index (χ0v) is 19.1. The van der Waals surface area contributed by atoms with Crippen molar-refractivity contribution >= 4 is 57.1 Å². The number of rotatable bonds is 6. The number of benzene rings is 2. The van der Waals surface area contributed by atoms with Gasteiger partial charge in [-0.1, -0.05) is 23.4 Å². The summed E-state index contributed by atoms with van der Waals surface area (Å²) in [6, 6.07) is 16.9. The molecule has 154 valence electrons. The third kappa shape index (κ3) is 5.28. The molecule has 0 saturated carbocycles. The van der Waals surface area contributed by atoms with Crippen molar-refractivity contribution in [3.05, 3.63) is 75.4 Å². The molecule has 0 unspecified atom stereocenters. The van der Waals surface area contributed by atoms with Gasteiger partial charge in [-0.15, -0.1) is 0 Å². The second-order valence-electron chi connectivity index (χ2n) is 6.78. The standard InChI is InChI=1S/C22H19BrClN3O2S/c23-20-13-18(29-22(20)30-19-9-5-16(24)6-10-19)14-25-26-21(28)15-3-7-17(8-4-15)27-11-1-2-12-27/h3-10,13-14H,1-2,11-12H2,(H,26,28)/b25-14-. The van der Waals surface area contributed by atoms with Crippen molar-refractivity contribution < 1.29 is 9.21 Å². The SMILES string of the molecule is O=C(N/N=C\c1cc(Br)c(Sc2ccc(Cl)cc2)o1)c1ccc(N2CCCC2)cc1. The summed E-state index contributed by atoms with van der Waals surface area (Å²) in [4.78, 5) is 15.6. The number of carbonyl (C=O) groups excluding carboxylic acids is 1. The van der Waals surface area contributed by atoms with Crippen LogP contribution in [0.5, 0.6) is 0 Å². The highest BCUT2D eigenvalue weighted by Crippen LogP contribution is 2.35. The molecule has 1 N–H and O–H groups in total. The smallest absolute Gasteiger partial charge is 0.271 e. The van der Waals surface area contributed by atoms with Crippen LogP contribution in [-0.2, 0) is 0 Å². The molecule has 8 heteroatoms. The number of nitrogens with one attached hydrogen (secondary N) is 1. The first-order valence-corrected chi connectivity index (χ1v) is 11.5. The largest absolute Gasteiger partial charge is 0.447 e. The molecule has 0 atom stereocenters. The molecular formula is C22H19BrClN3O2S. The van der Waals surface area contributed by atoms with Gasteiger partial charge >= 0.3 is 0 Å². The zero-order valence-electron chi connectivity index (χ0n) is 16.0. The van der Waals surface area contributed by atoms with Crippen LogP contribution < -0.4 is 10.3 Å². The molecule has 0 radical (unpaired) electrons. The summed E-state index contributed by atoms with van der Waals surface area (Å²) in [7, 11) is 0. The zero-order chi connectivity index (χ0) is 20.9. The molecule has 0 bridgehead atoms. The molecule has 4 rings (SSSR count). The Morgan fingerprint density at radius 1 is 1.13 bits per heavy atom. The molecule has 0 spiro atoms. The van der Waals surface area contributed by atoms with Gasteiger partial charge in [-0.2, -0.15) is 5.10 Å². The number of furan rings is 1. The minimum absolute atomic E-state index is 0.263. The van der Waals surface area contributed by atoms with E-state index in [0.29, 0.717) is 21.4 Å². The van der Waals surface area contributed by atoms with E-state index in [-0.39, 0.29) is 5.91 Å². The average Bonchev–Trinajstić information content (AvgIpc) is 3.40. The van der Waals surface area contributed by atoms with E-state index in [0.717, 1.165) is 28.1 Å². The van der Waals surface area contributed by atoms with Crippen molar-refractivity contribution in [3.8, 4) is 0 Å². The summed E-state index contributed by atoms with van der Waals surface area (Å²) < 4.78 is 6.60. The van der Waals surface area contributed by atoms with E-state index in [1.54, 1.807) is 6.07 Å². The Morgan fingerprint density at radius 2 is 1.83 bits per heavy atom. The molecular weight excluding hydrogens is 486 g/mol. The van der Waals surface area contributed by atoms with Gasteiger partial charge in [-0.25, -0.2) is 5.43 Å². The molecule has 30 heavy (non-hydrogen) atoms. The van der Waals surface area contributed by atoms with Crippen LogP contribution >= 0.6 is 39.3 Å². The fourth-order valence-corrected chi connectivity index (χ4v) is 4.59. The lowest BCUT2D eigenvalue weighted by atomic mass is 10.2. The number of hydrazone groups is 1. The van der Waals surface area contributed by atoms with Crippen LogP contribution in [0.4, 0.5) is 5.69 Å². The minimum Gasteiger partial charge on any atom is -0.447 e. The molecule has 1 fully saturated rings. The summed E-state index contributed by atoms with van der Waals surface area (Å²) in [6.45, 7) is 2.15. The van der Waals surface area contributed by atoms with Gasteiger partial charge < -0.3 is 9.32 Å². The quantitative estimate of drug-likeness (QED) is 0.320. The lowest BCUT2D eigenvalue weighted by Gasteiger charge is -2.17. The van der Waals surface area contributed by atoms with Crippen LogP contribution in [0.3, 0.4) is 0 Å². The number of halogens is 2. The lowest BCUT2D eigenvalue weighted by molar-refractivity contribution is 0.0955. The van der Waals surface area contributed by atoms with E-state index in [1.807, 2.05) is 48.5 Å². The maximum Gasteiger partial charge on any atom is 0.271 e. The molecule has 1 aromatic heterocycles. The van der Waals surface area contributed by atoms with Crippen molar-refractivity contribution in [2.75, 3.05) is 18.0 Å². The molecule has 2 aromatic carbocycles. The van der Waals surface area contributed by atoms with Crippen molar-refractivity contribution in [2.24, 2.45) is 5.10 Å². The number of anilines is 1. The summed E-state index contributed by atoms with van der Waals surface area (Å²) in [5, 5.41) is 5.40. The van der Waals surface area contributed by atoms with Crippen LogP contribution in [0.2, 0.25) is 5.02 Å². The Balaban J connectivity index is 1.34. The van der Waals surface area contributed by atoms with Gasteiger partial charge in [0.15, 0.2) is 5.09 Å². The number of hydrogen-bond donors (Lipinski definition) is 1. The van der Waals surface area contributed by atoms with Crippen LogP contribution in [0.15, 0.2) is 78.6 Å². The number of carbonyl (C=O) groups is 1. The second-order valence-corrected chi connectivity index (χ2v) is 9.12. The van der Waals surface area contributed by atoms with E-state index in [4.69, 9.17) is 16.0 Å². The summed E-state index contributed by atoms with van der Waals surface area (Å²) in [5.74, 6) is 0.267. The van der Waals surface area contributed by atoms with Gasteiger partial charge in [0, 0.05) is 40.3 Å². The summed E-state index contributed by atoms with van der Waals surface area (Å²) >= 11 is 10.9. The fourth-order valence-electron chi connectivity index (χ4n) is 3.13. The van der Waals surface area contributed by atoms with Gasteiger partial charge in [0.05, 0.1) is 10.7 Å². The maximum absolute atomic E-state index is 12.3. The first-order chi connectivity index (χ1) is 14.6. The Kier molecular flexibility index (Phi) is 6.82. The highest BCUT2D eigenvalue weighted by molar-refractivity contribution is 9.10. The topological polar surface area (TPSA) is 57.8 Å². The Bertz CT molecular complexity index is 1050. The highest BCUT2D eigenvalue weighted by atomic mass is 79.9. The van der Waals surface area contributed by atoms with Gasteiger partial charge in [0.25, 0.3) is 5.91 Å². The van der Waals surface area contributed by atoms with Crippen LogP contribution in [0.1, 0.15) is 29.0 Å². The van der Waals surface area contributed by atoms with E-state index < -0.39 is 0 Å². The first-order valence-electron chi connectivity index (χ1n) is 9.50. The van der Waals surface area contributed by atoms with Gasteiger partial charge in [0.2, 0.25) is 0 Å². The monoisotopic (exact) mass is 503 g/mol. The van der Waals surface area contributed by atoms with Gasteiger partial charge in [-0.05, 0) is 77.3 Å². The van der Waals surface area contributed by atoms with Crippen molar-refractivity contribution in [2.45, 2.75) is 22.8 Å². The van der Waals surface area contributed by atoms with Crippen molar-refractivity contribution in [3.63, 3.8) is 0 Å². The van der Waals surface area contributed by atoms with Crippen molar-refractivity contribution in [1.82, 2.24) is 5.43 Å². The van der Waals surface area contributed by atoms with Gasteiger partial charge in [0.1, 0.15) is 5.76 Å². The number of amides is 1. The fraction of sp³-hybridized carbons (Fsp3) is 0.182. The van der Waals surface area contributed by atoms with Crippen LogP contribution in [-0.4, -0.2) is 25.2 Å². The summed E-state index contributed by atoms with van der Waals surface area (Å²) in [5.41, 5.74) is 4.26. The van der Waals surface area contributed by atoms with E-state index in [1.165, 1.54) is 30.8 Å². The van der Waals surface area contributed by atoms with Crippen LogP contribution in [0.25, 0.3) is 0 Å². The second kappa shape index (κ2) is 9.73. The molecule has 3 aromatic rings. The van der Waals surface area contributed by atoms with Crippen LogP contribution in [0, 0.1) is 0 Å². The number of hydrogen-bond acceptors (Lipinski definition) is 5. The summed E-state index contributed by atoms with van der Waals surface area (Å²) in [6.07, 6.45) is 3.92. The van der Waals surface area contributed by atoms with Crippen molar-refractivity contribution in [1.29, 1.82) is 0 Å². The van der Waals surface area contributed by atoms with Gasteiger partial charge in [-0.3, -0.25) is 4.79 Å². The highest BCUT2D eigenvalue weighted by Gasteiger charge is 2.13. The third-order valence-corrected chi connectivity index (χ3v) is 6.76.